The third-order valence-electron chi connectivity index (χ3n) is 3.58. The lowest BCUT2D eigenvalue weighted by Crippen LogP contribution is -2.24. The molecule has 0 radical (unpaired) electrons. The number of terminal acetylenes is 1. The maximum Gasteiger partial charge on any atom is 0.123 e. The highest BCUT2D eigenvalue weighted by atomic mass is 19.1. The molecule has 1 saturated heterocycles. The molecule has 1 aliphatic rings. The van der Waals surface area contributed by atoms with E-state index in [-0.39, 0.29) is 5.82 Å². The van der Waals surface area contributed by atoms with Gasteiger partial charge in [0.1, 0.15) is 5.82 Å². The van der Waals surface area contributed by atoms with Crippen molar-refractivity contribution in [2.75, 3.05) is 19.6 Å². The highest BCUT2D eigenvalue weighted by Crippen LogP contribution is 2.17. The monoisotopic (exact) mass is 257 g/mol. The number of nitrogens with zero attached hydrogens (tertiary/aromatic N) is 1. The first-order valence-electron chi connectivity index (χ1n) is 6.86. The Morgan fingerprint density at radius 1 is 1.21 bits per heavy atom. The molecular weight excluding hydrogens is 237 g/mol. The number of hydrogen-bond acceptors (Lipinski definition) is 1. The van der Waals surface area contributed by atoms with E-state index in [1.807, 2.05) is 12.1 Å². The Kier molecular flexibility index (Phi) is 5.18. The van der Waals surface area contributed by atoms with E-state index >= 15 is 0 Å². The van der Waals surface area contributed by atoms with Crippen LogP contribution >= 0.6 is 0 Å². The molecule has 1 aromatic carbocycles. The number of benzene rings is 1. The van der Waals surface area contributed by atoms with Gasteiger partial charge in [0.25, 0.3) is 0 Å². The molecule has 1 fully saturated rings. The predicted molar refractivity (Wildman–Crippen MR) is 77.3 cm³/mol. The molecule has 0 N–H and O–H groups in total. The van der Waals surface area contributed by atoms with Gasteiger partial charge in [0.2, 0.25) is 0 Å². The molecule has 0 aliphatic carbocycles. The van der Waals surface area contributed by atoms with Gasteiger partial charge in [0.05, 0.1) is 6.54 Å². The number of likely N-dealkylation sites (tertiary alicyclic amines) is 1. The molecule has 0 unspecified atom stereocenters. The van der Waals surface area contributed by atoms with Gasteiger partial charge in [-0.25, -0.2) is 4.39 Å². The van der Waals surface area contributed by atoms with Crippen LogP contribution in [0.5, 0.6) is 0 Å². The molecule has 0 saturated carbocycles. The number of allylic oxidation sites excluding steroid dienone is 1. The molecule has 0 atom stereocenters. The Labute approximate surface area is 115 Å². The molecule has 1 heterocycles. The summed E-state index contributed by atoms with van der Waals surface area (Å²) in [6.07, 6.45) is 12.0. The van der Waals surface area contributed by atoms with E-state index in [1.54, 1.807) is 0 Å². The molecule has 100 valence electrons. The van der Waals surface area contributed by atoms with Crippen LogP contribution in [0, 0.1) is 18.2 Å². The summed E-state index contributed by atoms with van der Waals surface area (Å²) in [6.45, 7) is 2.91. The van der Waals surface area contributed by atoms with Crippen LogP contribution in [0.2, 0.25) is 0 Å². The van der Waals surface area contributed by atoms with Crippen LogP contribution in [0.25, 0.3) is 0 Å². The van der Waals surface area contributed by atoms with Crippen molar-refractivity contribution in [3.8, 4) is 12.3 Å². The molecule has 19 heavy (non-hydrogen) atoms. The maximum atomic E-state index is 12.8. The van der Waals surface area contributed by atoms with Crippen molar-refractivity contribution in [1.29, 1.82) is 0 Å². The Balaban J connectivity index is 1.89. The minimum Gasteiger partial charge on any atom is -0.292 e. The summed E-state index contributed by atoms with van der Waals surface area (Å²) in [6, 6.07) is 6.76. The zero-order valence-electron chi connectivity index (χ0n) is 11.2. The van der Waals surface area contributed by atoms with Crippen LogP contribution in [0.1, 0.15) is 24.8 Å². The summed E-state index contributed by atoms with van der Waals surface area (Å²) in [5, 5.41) is 0. The van der Waals surface area contributed by atoms with E-state index in [1.165, 1.54) is 29.7 Å². The van der Waals surface area contributed by atoms with Crippen molar-refractivity contribution in [2.45, 2.75) is 25.7 Å². The molecule has 1 nitrogen and oxygen atoms in total. The minimum atomic E-state index is -0.171. The second-order valence-corrected chi connectivity index (χ2v) is 5.03. The number of rotatable bonds is 3. The summed E-state index contributed by atoms with van der Waals surface area (Å²) in [7, 11) is 0. The van der Waals surface area contributed by atoms with Gasteiger partial charge in [-0.3, -0.25) is 4.90 Å². The first-order valence-corrected chi connectivity index (χ1v) is 6.86. The Morgan fingerprint density at radius 2 is 2.00 bits per heavy atom. The molecular formula is C17H20FN. The van der Waals surface area contributed by atoms with Crippen molar-refractivity contribution in [2.24, 2.45) is 0 Å². The van der Waals surface area contributed by atoms with Crippen LogP contribution in [-0.2, 0) is 6.42 Å². The highest BCUT2D eigenvalue weighted by molar-refractivity contribution is 5.20. The largest absolute Gasteiger partial charge is 0.292 e. The lowest BCUT2D eigenvalue weighted by molar-refractivity contribution is 0.322. The van der Waals surface area contributed by atoms with E-state index in [4.69, 9.17) is 6.42 Å². The minimum absolute atomic E-state index is 0.171. The maximum absolute atomic E-state index is 12.8. The van der Waals surface area contributed by atoms with Crippen LogP contribution in [-0.4, -0.2) is 24.5 Å². The third kappa shape index (κ3) is 4.54. The van der Waals surface area contributed by atoms with Crippen LogP contribution < -0.4 is 0 Å². The number of hydrogen-bond donors (Lipinski definition) is 0. The molecule has 0 aromatic heterocycles. The van der Waals surface area contributed by atoms with E-state index in [9.17, 15) is 4.39 Å². The molecule has 2 heteroatoms. The summed E-state index contributed by atoms with van der Waals surface area (Å²) >= 11 is 0. The fraction of sp³-hybridized carbons (Fsp3) is 0.412. The van der Waals surface area contributed by atoms with Crippen molar-refractivity contribution in [1.82, 2.24) is 4.90 Å². The molecule has 1 aliphatic heterocycles. The summed E-state index contributed by atoms with van der Waals surface area (Å²) in [4.78, 5) is 2.33. The number of halogens is 1. The van der Waals surface area contributed by atoms with Crippen molar-refractivity contribution in [3.05, 3.63) is 47.3 Å². The highest BCUT2D eigenvalue weighted by Gasteiger charge is 2.10. The summed E-state index contributed by atoms with van der Waals surface area (Å²) in [5.74, 6) is 2.54. The third-order valence-corrected chi connectivity index (χ3v) is 3.58. The van der Waals surface area contributed by atoms with Crippen molar-refractivity contribution >= 4 is 0 Å². The van der Waals surface area contributed by atoms with Gasteiger partial charge in [-0.1, -0.05) is 29.7 Å². The molecule has 0 bridgehead atoms. The zero-order chi connectivity index (χ0) is 13.5. The first-order chi connectivity index (χ1) is 9.28. The lowest BCUT2D eigenvalue weighted by atomic mass is 10.0. The smallest absolute Gasteiger partial charge is 0.123 e. The van der Waals surface area contributed by atoms with E-state index in [0.717, 1.165) is 38.9 Å². The lowest BCUT2D eigenvalue weighted by Gasteiger charge is -2.15. The van der Waals surface area contributed by atoms with E-state index in [2.05, 4.69) is 16.9 Å². The topological polar surface area (TPSA) is 3.24 Å². The molecule has 1 aromatic rings. The van der Waals surface area contributed by atoms with Gasteiger partial charge >= 0.3 is 0 Å². The van der Waals surface area contributed by atoms with Gasteiger partial charge in [-0.2, -0.15) is 0 Å². The fourth-order valence-corrected chi connectivity index (χ4v) is 2.44. The Hall–Kier alpha value is -1.59. The molecule has 2 rings (SSSR count). The van der Waals surface area contributed by atoms with E-state index in [0.29, 0.717) is 0 Å². The SMILES string of the molecule is C#CCN1CCC/C(=C\Cc2ccc(F)cc2)CC1. The fourth-order valence-electron chi connectivity index (χ4n) is 2.44. The molecule has 0 amide bonds. The van der Waals surface area contributed by atoms with Crippen LogP contribution in [0.3, 0.4) is 0 Å². The Morgan fingerprint density at radius 3 is 2.74 bits per heavy atom. The van der Waals surface area contributed by atoms with E-state index < -0.39 is 0 Å². The standard InChI is InChI=1S/C17H20FN/c1-2-12-19-13-3-4-15(11-14-19)5-6-16-7-9-17(18)10-8-16/h1,5,7-10H,3-4,6,11-14H2/b15-5+. The van der Waals surface area contributed by atoms with Crippen molar-refractivity contribution in [3.63, 3.8) is 0 Å². The van der Waals surface area contributed by atoms with Crippen LogP contribution in [0.4, 0.5) is 4.39 Å². The van der Waals surface area contributed by atoms with Gasteiger partial charge in [0.15, 0.2) is 0 Å². The normalized spacial score (nSPS) is 19.1. The van der Waals surface area contributed by atoms with Crippen LogP contribution in [0.15, 0.2) is 35.9 Å². The van der Waals surface area contributed by atoms with Gasteiger partial charge in [-0.05, 0) is 49.9 Å². The quantitative estimate of drug-likeness (QED) is 0.592. The second-order valence-electron chi connectivity index (χ2n) is 5.03. The summed E-state index contributed by atoms with van der Waals surface area (Å²) in [5.41, 5.74) is 2.67. The average molecular weight is 257 g/mol. The van der Waals surface area contributed by atoms with Gasteiger partial charge in [0, 0.05) is 6.54 Å². The average Bonchev–Trinajstić information content (AvgIpc) is 2.64. The van der Waals surface area contributed by atoms with Gasteiger partial charge < -0.3 is 0 Å². The first kappa shape index (κ1) is 13.8. The summed E-state index contributed by atoms with van der Waals surface area (Å²) < 4.78 is 12.8. The molecule has 0 spiro atoms. The van der Waals surface area contributed by atoms with Crippen molar-refractivity contribution < 1.29 is 4.39 Å². The van der Waals surface area contributed by atoms with Gasteiger partial charge in [-0.15, -0.1) is 6.42 Å². The second kappa shape index (κ2) is 7.11. The Bertz CT molecular complexity index is 467. The zero-order valence-corrected chi connectivity index (χ0v) is 11.2. The predicted octanol–water partition coefficient (Wildman–Crippen LogP) is 3.41.